The summed E-state index contributed by atoms with van der Waals surface area (Å²) in [5.41, 5.74) is 3.73. The first-order chi connectivity index (χ1) is 14.9. The molecule has 3 aromatic rings. The molecular formula is C25H25F2N3O. The highest BCUT2D eigenvalue weighted by molar-refractivity contribution is 5.63. The number of fused-ring (bicyclic) bond motifs is 2. The molecule has 6 heteroatoms. The van der Waals surface area contributed by atoms with Gasteiger partial charge < -0.3 is 5.11 Å². The van der Waals surface area contributed by atoms with Gasteiger partial charge in [0.25, 0.3) is 0 Å². The molecule has 31 heavy (non-hydrogen) atoms. The second kappa shape index (κ2) is 7.38. The molecule has 0 radical (unpaired) electrons. The van der Waals surface area contributed by atoms with Crippen molar-refractivity contribution >= 4 is 6.08 Å². The van der Waals surface area contributed by atoms with E-state index in [0.717, 1.165) is 35.3 Å². The number of hydrogen-bond acceptors (Lipinski definition) is 3. The van der Waals surface area contributed by atoms with Crippen LogP contribution in [0.4, 0.5) is 8.78 Å². The molecule has 0 aliphatic heterocycles. The third kappa shape index (κ3) is 3.21. The minimum Gasteiger partial charge on any atom is -0.389 e. The topological polar surface area (TPSA) is 50.9 Å². The van der Waals surface area contributed by atoms with Crippen molar-refractivity contribution < 1.29 is 13.9 Å². The Balaban J connectivity index is 1.47. The van der Waals surface area contributed by atoms with E-state index in [1.807, 2.05) is 10.9 Å². The molecule has 0 saturated heterocycles. The fourth-order valence-electron chi connectivity index (χ4n) is 5.56. The quantitative estimate of drug-likeness (QED) is 0.628. The van der Waals surface area contributed by atoms with E-state index in [2.05, 4.69) is 23.1 Å². The minimum atomic E-state index is -0.866. The molecule has 2 aromatic heterocycles. The van der Waals surface area contributed by atoms with Crippen molar-refractivity contribution in [3.8, 4) is 5.69 Å². The fraction of sp³-hybridized carbons (Fsp3) is 0.360. The number of pyridine rings is 1. The number of aliphatic hydroxyl groups is 1. The van der Waals surface area contributed by atoms with E-state index in [1.165, 1.54) is 30.0 Å². The maximum Gasteiger partial charge on any atom is 0.141 e. The summed E-state index contributed by atoms with van der Waals surface area (Å²) >= 11 is 0. The van der Waals surface area contributed by atoms with E-state index < -0.39 is 5.60 Å². The minimum absolute atomic E-state index is 0.275. The Morgan fingerprint density at radius 3 is 2.65 bits per heavy atom. The van der Waals surface area contributed by atoms with Crippen molar-refractivity contribution in [2.75, 3.05) is 0 Å². The second-order valence-electron chi connectivity index (χ2n) is 8.77. The van der Waals surface area contributed by atoms with Crippen molar-refractivity contribution in [2.45, 2.75) is 51.0 Å². The van der Waals surface area contributed by atoms with Gasteiger partial charge in [-0.3, -0.25) is 4.98 Å². The van der Waals surface area contributed by atoms with Crippen LogP contribution < -0.4 is 0 Å². The lowest BCUT2D eigenvalue weighted by atomic mass is 9.63. The molecule has 5 rings (SSSR count). The van der Waals surface area contributed by atoms with Crippen molar-refractivity contribution in [1.29, 1.82) is 0 Å². The Morgan fingerprint density at radius 1 is 1.10 bits per heavy atom. The van der Waals surface area contributed by atoms with Crippen LogP contribution in [0.15, 0.2) is 54.5 Å². The average molecular weight is 421 g/mol. The molecule has 0 spiro atoms. The highest BCUT2D eigenvalue weighted by atomic mass is 19.1. The SMILES string of the molecule is CC[C@]12Cc3cnn(-c4ccc(F)cc4)c3C=C1CC[C@@]2(O)CCc1cncc(F)c1. The fourth-order valence-corrected chi connectivity index (χ4v) is 5.56. The van der Waals surface area contributed by atoms with Crippen molar-refractivity contribution in [3.05, 3.63) is 83.0 Å². The van der Waals surface area contributed by atoms with Gasteiger partial charge in [-0.05, 0) is 86.1 Å². The third-order valence-corrected chi connectivity index (χ3v) is 7.27. The molecule has 2 atom stereocenters. The normalized spacial score (nSPS) is 24.6. The molecule has 160 valence electrons. The van der Waals surface area contributed by atoms with E-state index in [4.69, 9.17) is 0 Å². The standard InChI is InChI=1S/C25H25F2N3O/c1-2-24-13-18-15-29-30(22-5-3-20(26)4-6-22)23(18)12-19(24)8-10-25(24,31)9-7-17-11-21(27)16-28-14-17/h3-6,11-12,14-16,31H,2,7-10,13H2,1H3/t24-,25-/m0/s1. The molecule has 1 saturated carbocycles. The van der Waals surface area contributed by atoms with Gasteiger partial charge in [-0.25, -0.2) is 13.5 Å². The molecule has 0 unspecified atom stereocenters. The average Bonchev–Trinajstić information content (AvgIpc) is 3.30. The van der Waals surface area contributed by atoms with Crippen LogP contribution >= 0.6 is 0 Å². The molecule has 2 aliphatic rings. The summed E-state index contributed by atoms with van der Waals surface area (Å²) in [6, 6.07) is 7.81. The Kier molecular flexibility index (Phi) is 4.77. The van der Waals surface area contributed by atoms with Gasteiger partial charge in [0.1, 0.15) is 11.6 Å². The Labute approximate surface area is 180 Å². The maximum atomic E-state index is 13.5. The lowest BCUT2D eigenvalue weighted by molar-refractivity contribution is -0.0569. The first-order valence-electron chi connectivity index (χ1n) is 10.8. The molecule has 2 aliphatic carbocycles. The Hall–Kier alpha value is -2.86. The van der Waals surface area contributed by atoms with Crippen LogP contribution in [0, 0.1) is 17.0 Å². The first kappa shape index (κ1) is 20.1. The predicted molar refractivity (Wildman–Crippen MR) is 115 cm³/mol. The largest absolute Gasteiger partial charge is 0.389 e. The molecule has 4 nitrogen and oxygen atoms in total. The number of rotatable bonds is 5. The van der Waals surface area contributed by atoms with Gasteiger partial charge in [-0.1, -0.05) is 12.5 Å². The predicted octanol–water partition coefficient (Wildman–Crippen LogP) is 5.04. The molecule has 0 amide bonds. The van der Waals surface area contributed by atoms with E-state index in [1.54, 1.807) is 18.3 Å². The van der Waals surface area contributed by atoms with Crippen LogP contribution in [0.5, 0.6) is 0 Å². The zero-order valence-corrected chi connectivity index (χ0v) is 17.5. The van der Waals surface area contributed by atoms with E-state index in [-0.39, 0.29) is 17.0 Å². The van der Waals surface area contributed by atoms with Gasteiger partial charge >= 0.3 is 0 Å². The van der Waals surface area contributed by atoms with Gasteiger partial charge in [-0.15, -0.1) is 0 Å². The van der Waals surface area contributed by atoms with Crippen LogP contribution in [0.3, 0.4) is 0 Å². The first-order valence-corrected chi connectivity index (χ1v) is 10.8. The zero-order chi connectivity index (χ0) is 21.6. The zero-order valence-electron chi connectivity index (χ0n) is 17.5. The maximum absolute atomic E-state index is 13.5. The second-order valence-corrected chi connectivity index (χ2v) is 8.77. The summed E-state index contributed by atoms with van der Waals surface area (Å²) in [4.78, 5) is 3.94. The molecule has 2 heterocycles. The number of aryl methyl sites for hydroxylation is 1. The Morgan fingerprint density at radius 2 is 1.90 bits per heavy atom. The summed E-state index contributed by atoms with van der Waals surface area (Å²) in [6.07, 6.45) is 11.1. The summed E-state index contributed by atoms with van der Waals surface area (Å²) in [6.45, 7) is 2.13. The van der Waals surface area contributed by atoms with Gasteiger partial charge in [0.15, 0.2) is 0 Å². The summed E-state index contributed by atoms with van der Waals surface area (Å²) in [5, 5.41) is 16.4. The smallest absolute Gasteiger partial charge is 0.141 e. The highest BCUT2D eigenvalue weighted by Crippen LogP contribution is 2.58. The molecular weight excluding hydrogens is 396 g/mol. The van der Waals surface area contributed by atoms with Crippen LogP contribution in [0.25, 0.3) is 11.8 Å². The van der Waals surface area contributed by atoms with E-state index in [9.17, 15) is 13.9 Å². The van der Waals surface area contributed by atoms with Crippen LogP contribution in [0.1, 0.15) is 49.4 Å². The van der Waals surface area contributed by atoms with Gasteiger partial charge in [-0.2, -0.15) is 5.10 Å². The summed E-state index contributed by atoms with van der Waals surface area (Å²) in [5.74, 6) is -0.625. The van der Waals surface area contributed by atoms with Crippen LogP contribution in [-0.2, 0) is 12.8 Å². The molecule has 1 N–H and O–H groups in total. The number of hydrogen-bond donors (Lipinski definition) is 1. The third-order valence-electron chi connectivity index (χ3n) is 7.27. The highest BCUT2D eigenvalue weighted by Gasteiger charge is 2.56. The molecule has 0 bridgehead atoms. The molecule has 1 aromatic carbocycles. The van der Waals surface area contributed by atoms with Gasteiger partial charge in [0, 0.05) is 11.6 Å². The van der Waals surface area contributed by atoms with E-state index in [0.29, 0.717) is 25.7 Å². The van der Waals surface area contributed by atoms with Crippen LogP contribution in [-0.4, -0.2) is 25.5 Å². The van der Waals surface area contributed by atoms with Crippen molar-refractivity contribution in [2.24, 2.45) is 5.41 Å². The van der Waals surface area contributed by atoms with Crippen molar-refractivity contribution in [1.82, 2.24) is 14.8 Å². The van der Waals surface area contributed by atoms with Crippen molar-refractivity contribution in [3.63, 3.8) is 0 Å². The number of benzene rings is 1. The summed E-state index contributed by atoms with van der Waals surface area (Å²) < 4.78 is 28.7. The van der Waals surface area contributed by atoms with Gasteiger partial charge in [0.2, 0.25) is 0 Å². The van der Waals surface area contributed by atoms with Crippen LogP contribution in [0.2, 0.25) is 0 Å². The number of halogens is 2. The van der Waals surface area contributed by atoms with Gasteiger partial charge in [0.05, 0.1) is 29.4 Å². The Bertz CT molecular complexity index is 1150. The summed E-state index contributed by atoms with van der Waals surface area (Å²) in [7, 11) is 0. The lowest BCUT2D eigenvalue weighted by Gasteiger charge is -2.45. The monoisotopic (exact) mass is 421 g/mol. The molecule has 1 fully saturated rings. The number of nitrogens with zero attached hydrogens (tertiary/aromatic N) is 3. The lowest BCUT2D eigenvalue weighted by Crippen LogP contribution is -2.47. The number of aromatic nitrogens is 3. The van der Waals surface area contributed by atoms with E-state index >= 15 is 0 Å².